The molecule has 3 aromatic rings. The van der Waals surface area contributed by atoms with Crippen LogP contribution in [0.2, 0.25) is 0 Å². The largest absolute Gasteiger partial charge is 0.388 e. The molecule has 0 spiro atoms. The van der Waals surface area contributed by atoms with Crippen molar-refractivity contribution in [3.05, 3.63) is 46.5 Å². The molecule has 12 nitrogen and oxygen atoms in total. The maximum absolute atomic E-state index is 13.3. The molecule has 4 heterocycles. The number of hydrogen-bond donors (Lipinski definition) is 4. The van der Waals surface area contributed by atoms with Crippen LogP contribution in [0.3, 0.4) is 0 Å². The van der Waals surface area contributed by atoms with E-state index >= 15 is 0 Å². The molecule has 36 heavy (non-hydrogen) atoms. The summed E-state index contributed by atoms with van der Waals surface area (Å²) in [6.07, 6.45) is 6.34. The maximum Gasteiger partial charge on any atom is 0.274 e. The highest BCUT2D eigenvalue weighted by Crippen LogP contribution is 2.29. The third-order valence-corrected chi connectivity index (χ3v) is 6.95. The second kappa shape index (κ2) is 10.2. The van der Waals surface area contributed by atoms with E-state index in [1.807, 2.05) is 12.3 Å². The molecule has 1 aliphatic heterocycles. The molecule has 0 unspecified atom stereocenters. The van der Waals surface area contributed by atoms with Crippen molar-refractivity contribution in [1.29, 1.82) is 0 Å². The standard InChI is InChI=1S/C24H31N7O5/c1-25-21-10-20(27-17-4-3-9-30(24(17)34)14-5-7-15(35-2)8-6-14)29-22-16(11-26-31(21)22)23(33)28-18-12-36-13-19(18)32/h3-4,9-11,14-15,18-19,25,32H,5-8,12-13H2,1-2H3,(H,27,29)(H,28,33)/t14?,15?,18-,19+/m0/s1. The average molecular weight is 498 g/mol. The van der Waals surface area contributed by atoms with Crippen LogP contribution in [0, 0.1) is 0 Å². The van der Waals surface area contributed by atoms with Gasteiger partial charge in [0.05, 0.1) is 37.7 Å². The van der Waals surface area contributed by atoms with Crippen molar-refractivity contribution in [2.45, 2.75) is 50.0 Å². The number of aliphatic hydroxyl groups is 1. The molecule has 0 bridgehead atoms. The second-order valence-corrected chi connectivity index (χ2v) is 9.18. The molecule has 3 aromatic heterocycles. The van der Waals surface area contributed by atoms with Gasteiger partial charge in [-0.05, 0) is 37.8 Å². The summed E-state index contributed by atoms with van der Waals surface area (Å²) >= 11 is 0. The number of aromatic nitrogens is 4. The number of aliphatic hydroxyl groups excluding tert-OH is 1. The number of carbonyl (C=O) groups is 1. The highest BCUT2D eigenvalue weighted by molar-refractivity contribution is 6.00. The summed E-state index contributed by atoms with van der Waals surface area (Å²) in [5.41, 5.74) is 0.814. The van der Waals surface area contributed by atoms with Crippen LogP contribution in [0.4, 0.5) is 17.3 Å². The lowest BCUT2D eigenvalue weighted by Crippen LogP contribution is -2.42. The van der Waals surface area contributed by atoms with Crippen molar-refractivity contribution >= 4 is 28.9 Å². The smallest absolute Gasteiger partial charge is 0.274 e. The van der Waals surface area contributed by atoms with Crippen molar-refractivity contribution in [3.8, 4) is 0 Å². The number of anilines is 3. The van der Waals surface area contributed by atoms with Gasteiger partial charge in [-0.15, -0.1) is 0 Å². The van der Waals surface area contributed by atoms with Gasteiger partial charge in [0.2, 0.25) is 0 Å². The van der Waals surface area contributed by atoms with Crippen LogP contribution in [-0.2, 0) is 9.47 Å². The predicted molar refractivity (Wildman–Crippen MR) is 133 cm³/mol. The molecule has 0 aromatic carbocycles. The van der Waals surface area contributed by atoms with Crippen molar-refractivity contribution in [2.24, 2.45) is 0 Å². The van der Waals surface area contributed by atoms with Gasteiger partial charge in [-0.2, -0.15) is 9.61 Å². The first-order valence-electron chi connectivity index (χ1n) is 12.1. The Labute approximate surface area is 207 Å². The molecule has 1 saturated carbocycles. The number of nitrogens with zero attached hydrogens (tertiary/aromatic N) is 4. The number of methoxy groups -OCH3 is 1. The third kappa shape index (κ3) is 4.66. The number of carbonyl (C=O) groups excluding carboxylic acids is 1. The van der Waals surface area contributed by atoms with Gasteiger partial charge in [0.1, 0.15) is 22.9 Å². The highest BCUT2D eigenvalue weighted by Gasteiger charge is 2.29. The number of pyridine rings is 1. The zero-order valence-corrected chi connectivity index (χ0v) is 20.3. The van der Waals surface area contributed by atoms with Crippen LogP contribution >= 0.6 is 0 Å². The molecular weight excluding hydrogens is 466 g/mol. The summed E-state index contributed by atoms with van der Waals surface area (Å²) in [5.74, 6) is 0.559. The summed E-state index contributed by atoms with van der Waals surface area (Å²) < 4.78 is 14.0. The zero-order valence-electron chi connectivity index (χ0n) is 20.3. The van der Waals surface area contributed by atoms with Gasteiger partial charge in [-0.1, -0.05) is 0 Å². The van der Waals surface area contributed by atoms with E-state index in [0.29, 0.717) is 23.0 Å². The number of ether oxygens (including phenoxy) is 2. The first-order valence-corrected chi connectivity index (χ1v) is 12.1. The number of nitrogens with one attached hydrogen (secondary N) is 3. The van der Waals surface area contributed by atoms with E-state index in [4.69, 9.17) is 9.47 Å². The topological polar surface area (TPSA) is 144 Å². The number of rotatable bonds is 7. The molecule has 1 amide bonds. The summed E-state index contributed by atoms with van der Waals surface area (Å²) in [6.45, 7) is 0.417. The lowest BCUT2D eigenvalue weighted by atomic mass is 9.92. The normalized spacial score (nSPS) is 24.1. The van der Waals surface area contributed by atoms with E-state index in [0.717, 1.165) is 25.7 Å². The van der Waals surface area contributed by atoms with Gasteiger partial charge in [-0.25, -0.2) is 4.98 Å². The molecule has 2 fully saturated rings. The van der Waals surface area contributed by atoms with Crippen LogP contribution in [0.5, 0.6) is 0 Å². The fourth-order valence-electron chi connectivity index (χ4n) is 4.88. The van der Waals surface area contributed by atoms with Crippen molar-refractivity contribution in [3.63, 3.8) is 0 Å². The Hall–Kier alpha value is -3.48. The Morgan fingerprint density at radius 3 is 2.75 bits per heavy atom. The lowest BCUT2D eigenvalue weighted by Gasteiger charge is -2.29. The summed E-state index contributed by atoms with van der Waals surface area (Å²) in [7, 11) is 3.46. The highest BCUT2D eigenvalue weighted by atomic mass is 16.5. The van der Waals surface area contributed by atoms with Crippen LogP contribution < -0.4 is 21.5 Å². The molecule has 1 saturated heterocycles. The van der Waals surface area contributed by atoms with Gasteiger partial charge >= 0.3 is 0 Å². The number of fused-ring (bicyclic) bond motifs is 1. The fraction of sp³-hybridized carbons (Fsp3) is 0.500. The number of hydrogen-bond acceptors (Lipinski definition) is 9. The van der Waals surface area contributed by atoms with Crippen molar-refractivity contribution in [2.75, 3.05) is 38.0 Å². The van der Waals surface area contributed by atoms with Crippen LogP contribution in [-0.4, -0.2) is 75.8 Å². The predicted octanol–water partition coefficient (Wildman–Crippen LogP) is 1.30. The number of amides is 1. The second-order valence-electron chi connectivity index (χ2n) is 9.18. The van der Waals surface area contributed by atoms with Gasteiger partial charge < -0.3 is 35.1 Å². The average Bonchev–Trinajstić information content (AvgIpc) is 3.51. The lowest BCUT2D eigenvalue weighted by molar-refractivity contribution is 0.0580. The Bertz CT molecular complexity index is 1300. The zero-order chi connectivity index (χ0) is 25.2. The minimum Gasteiger partial charge on any atom is -0.388 e. The van der Waals surface area contributed by atoms with E-state index < -0.39 is 18.1 Å². The Morgan fingerprint density at radius 1 is 1.25 bits per heavy atom. The molecule has 192 valence electrons. The van der Waals surface area contributed by atoms with E-state index in [2.05, 4.69) is 26.0 Å². The molecular formula is C24H31N7O5. The van der Waals surface area contributed by atoms with Crippen LogP contribution in [0.1, 0.15) is 42.1 Å². The molecule has 2 aliphatic rings. The van der Waals surface area contributed by atoms with Crippen LogP contribution in [0.25, 0.3) is 5.65 Å². The quantitative estimate of drug-likeness (QED) is 0.380. The third-order valence-electron chi connectivity index (χ3n) is 6.95. The molecule has 5 rings (SSSR count). The molecule has 0 radical (unpaired) electrons. The van der Waals surface area contributed by atoms with E-state index in [9.17, 15) is 14.7 Å². The Balaban J connectivity index is 1.42. The molecule has 12 heteroatoms. The fourth-order valence-corrected chi connectivity index (χ4v) is 4.88. The first-order chi connectivity index (χ1) is 17.5. The first kappa shape index (κ1) is 24.2. The van der Waals surface area contributed by atoms with Gasteiger partial charge in [0.25, 0.3) is 11.5 Å². The maximum atomic E-state index is 13.3. The van der Waals surface area contributed by atoms with E-state index in [1.54, 1.807) is 30.9 Å². The van der Waals surface area contributed by atoms with Crippen molar-refractivity contribution in [1.82, 2.24) is 24.5 Å². The van der Waals surface area contributed by atoms with Crippen molar-refractivity contribution < 1.29 is 19.4 Å². The van der Waals surface area contributed by atoms with Gasteiger partial charge in [0, 0.05) is 32.5 Å². The van der Waals surface area contributed by atoms with E-state index in [-0.39, 0.29) is 36.5 Å². The molecule has 4 N–H and O–H groups in total. The monoisotopic (exact) mass is 497 g/mol. The Kier molecular flexibility index (Phi) is 6.90. The molecule has 1 aliphatic carbocycles. The SMILES string of the molecule is CNc1cc(Nc2cccn(C3CCC(OC)CC3)c2=O)nc2c(C(=O)N[C@H]3COC[C@H]3O)cnn12. The summed E-state index contributed by atoms with van der Waals surface area (Å²) in [5, 5.41) is 23.2. The minimum atomic E-state index is -0.765. The Morgan fingerprint density at radius 2 is 2.06 bits per heavy atom. The van der Waals surface area contributed by atoms with Crippen LogP contribution in [0.15, 0.2) is 35.4 Å². The minimum absolute atomic E-state index is 0.119. The van der Waals surface area contributed by atoms with Gasteiger partial charge in [0.15, 0.2) is 5.65 Å². The summed E-state index contributed by atoms with van der Waals surface area (Å²) in [4.78, 5) is 30.8. The molecule has 2 atom stereocenters. The summed E-state index contributed by atoms with van der Waals surface area (Å²) in [6, 6.07) is 4.90. The van der Waals surface area contributed by atoms with E-state index in [1.165, 1.54) is 10.7 Å². The van der Waals surface area contributed by atoms with Gasteiger partial charge in [-0.3, -0.25) is 9.59 Å².